The quantitative estimate of drug-likeness (QED) is 0.0788. The molecular weight excluding hydrogens is 825 g/mol. The first-order valence-corrected chi connectivity index (χ1v) is 23.0. The Morgan fingerprint density at radius 2 is 0.879 bits per heavy atom. The first kappa shape index (κ1) is 44.2. The minimum atomic E-state index is -0.991. The summed E-state index contributed by atoms with van der Waals surface area (Å²) in [6, 6.07) is 56.5. The summed E-state index contributed by atoms with van der Waals surface area (Å²) in [7, 11) is 0. The van der Waals surface area contributed by atoms with Crippen molar-refractivity contribution in [2.45, 2.75) is 93.9 Å². The topological polar surface area (TPSA) is 159 Å². The summed E-state index contributed by atoms with van der Waals surface area (Å²) >= 11 is 0. The predicted molar refractivity (Wildman–Crippen MR) is 261 cm³/mol. The van der Waals surface area contributed by atoms with E-state index in [9.17, 15) is 0 Å². The van der Waals surface area contributed by atoms with E-state index in [4.69, 9.17) is 51.4 Å². The Morgan fingerprint density at radius 1 is 0.424 bits per heavy atom. The first-order valence-electron chi connectivity index (χ1n) is 23.0. The Kier molecular flexibility index (Phi) is 13.5. The summed E-state index contributed by atoms with van der Waals surface area (Å²) in [6.07, 6.45) is -4.52. The van der Waals surface area contributed by atoms with Crippen molar-refractivity contribution in [3.63, 3.8) is 0 Å². The molecule has 8 aromatic carbocycles. The lowest BCUT2D eigenvalue weighted by molar-refractivity contribution is -0.305. The van der Waals surface area contributed by atoms with Crippen LogP contribution in [0.5, 0.6) is 0 Å². The normalized spacial score (nSPS) is 25.8. The minimum absolute atomic E-state index is 0.129. The average molecular weight is 883 g/mol. The smallest absolute Gasteiger partial charge is 0.176 e. The Labute approximate surface area is 385 Å². The lowest BCUT2D eigenvalue weighted by Gasteiger charge is -2.49. The number of hydrogen-bond donors (Lipinski definition) is 4. The van der Waals surface area contributed by atoms with E-state index in [1.807, 2.05) is 54.6 Å². The van der Waals surface area contributed by atoms with E-state index in [2.05, 4.69) is 115 Å². The van der Waals surface area contributed by atoms with Gasteiger partial charge in [0, 0.05) is 18.6 Å². The van der Waals surface area contributed by atoms with Gasteiger partial charge in [0.1, 0.15) is 36.6 Å². The van der Waals surface area contributed by atoms with Crippen LogP contribution in [-0.2, 0) is 54.8 Å². The van der Waals surface area contributed by atoms with E-state index in [1.165, 1.54) is 0 Å². The molecule has 0 radical (unpaired) electrons. The molecule has 10 atom stereocenters. The van der Waals surface area contributed by atoms with Crippen molar-refractivity contribution in [2.75, 3.05) is 6.54 Å². The third-order valence-electron chi connectivity index (χ3n) is 13.3. The lowest BCUT2D eigenvalue weighted by Crippen LogP contribution is -2.68. The molecule has 1 aliphatic carbocycles. The zero-order valence-electron chi connectivity index (χ0n) is 36.9. The minimum Gasteiger partial charge on any atom is -0.369 e. The summed E-state index contributed by atoms with van der Waals surface area (Å²) < 4.78 is 41.1. The monoisotopic (exact) mass is 882 g/mol. The van der Waals surface area contributed by atoms with Gasteiger partial charge in [-0.05, 0) is 90.0 Å². The lowest BCUT2D eigenvalue weighted by atomic mass is 9.84. The van der Waals surface area contributed by atoms with Gasteiger partial charge < -0.3 is 51.4 Å². The van der Waals surface area contributed by atoms with Crippen LogP contribution in [0.15, 0.2) is 170 Å². The van der Waals surface area contributed by atoms with E-state index in [0.29, 0.717) is 19.6 Å². The Bertz CT molecular complexity index is 2910. The molecule has 66 heavy (non-hydrogen) atoms. The Balaban J connectivity index is 0.939. The third kappa shape index (κ3) is 9.62. The molecular formula is C56H58N4O6. The zero-order chi connectivity index (χ0) is 45.0. The predicted octanol–water partition coefficient (Wildman–Crippen LogP) is 8.40. The van der Waals surface area contributed by atoms with Crippen molar-refractivity contribution in [1.82, 2.24) is 0 Å². The highest BCUT2D eigenvalue weighted by Crippen LogP contribution is 2.34. The fraction of sp³-hybridized carbons (Fsp3) is 0.286. The molecule has 2 fully saturated rings. The summed E-state index contributed by atoms with van der Waals surface area (Å²) in [6.45, 7) is 1.29. The standard InChI is InChI=1S/C56H58N4O6/c57-30-49-53(62-32-36-21-24-39-11-2-5-15-43(39)27-36)54(64-34-45-18-9-17-41-13-7-8-19-46(41)45)50(60)56(65-49)66-52-48(59)29-47(58)51(61-31-35-20-23-38-10-1-4-14-42(38)26-35)55(52)63-33-37-22-25-40-12-3-6-16-44(40)28-37/h1-28,47-56H,29-34,57-60H2/t47-,48+,49-,50-,51+,52-,53-,54-,55-,56-/m1/s1. The SMILES string of the molecule is NC[C@H]1O[C@H](O[C@H]2[C@H](OCc3ccc4ccccc4c3)[C@@H](OCc3ccc4ccccc4c3)[C@H](N)C[C@@H]2N)[C@H](N)[C@@H](OCc2cccc3ccccc23)[C@@H]1OCc1ccc2ccccc2c1. The number of fused-ring (bicyclic) bond motifs is 4. The van der Waals surface area contributed by atoms with E-state index in [0.717, 1.165) is 65.3 Å². The van der Waals surface area contributed by atoms with Gasteiger partial charge in [-0.2, -0.15) is 0 Å². The van der Waals surface area contributed by atoms with Crippen LogP contribution >= 0.6 is 0 Å². The summed E-state index contributed by atoms with van der Waals surface area (Å²) in [4.78, 5) is 0. The van der Waals surface area contributed by atoms with Gasteiger partial charge >= 0.3 is 0 Å². The molecule has 8 N–H and O–H groups in total. The van der Waals surface area contributed by atoms with Crippen molar-refractivity contribution in [3.8, 4) is 0 Å². The summed E-state index contributed by atoms with van der Waals surface area (Å²) in [5.41, 5.74) is 31.9. The number of rotatable bonds is 15. The first-order chi connectivity index (χ1) is 32.4. The number of hydrogen-bond acceptors (Lipinski definition) is 10. The van der Waals surface area contributed by atoms with Gasteiger partial charge in [-0.15, -0.1) is 0 Å². The van der Waals surface area contributed by atoms with Gasteiger partial charge in [0.25, 0.3) is 0 Å². The zero-order valence-corrected chi connectivity index (χ0v) is 36.9. The maximum absolute atomic E-state index is 7.29. The third-order valence-corrected chi connectivity index (χ3v) is 13.3. The van der Waals surface area contributed by atoms with E-state index < -0.39 is 61.0 Å². The molecule has 0 bridgehead atoms. The molecule has 0 amide bonds. The van der Waals surface area contributed by atoms with Crippen LogP contribution in [0.4, 0.5) is 0 Å². The molecule has 1 heterocycles. The molecule has 0 unspecified atom stereocenters. The Morgan fingerprint density at radius 3 is 1.44 bits per heavy atom. The Hall–Kier alpha value is -5.60. The maximum atomic E-state index is 7.29. The van der Waals surface area contributed by atoms with Crippen LogP contribution in [0, 0.1) is 0 Å². The fourth-order valence-corrected chi connectivity index (χ4v) is 9.81. The van der Waals surface area contributed by atoms with Gasteiger partial charge in [-0.1, -0.05) is 152 Å². The molecule has 338 valence electrons. The van der Waals surface area contributed by atoms with Crippen molar-refractivity contribution in [3.05, 3.63) is 192 Å². The number of ether oxygens (including phenoxy) is 6. The molecule has 0 spiro atoms. The van der Waals surface area contributed by atoms with Crippen molar-refractivity contribution in [2.24, 2.45) is 22.9 Å². The van der Waals surface area contributed by atoms with Crippen LogP contribution in [0.25, 0.3) is 43.1 Å². The number of nitrogens with two attached hydrogens (primary N) is 4. The molecule has 1 saturated carbocycles. The highest BCUT2D eigenvalue weighted by Gasteiger charge is 2.51. The molecule has 10 heteroatoms. The van der Waals surface area contributed by atoms with Crippen molar-refractivity contribution < 1.29 is 28.4 Å². The molecule has 8 aromatic rings. The van der Waals surface area contributed by atoms with Gasteiger partial charge in [-0.25, -0.2) is 0 Å². The molecule has 10 nitrogen and oxygen atoms in total. The fourth-order valence-electron chi connectivity index (χ4n) is 9.81. The highest BCUT2D eigenvalue weighted by atomic mass is 16.7. The summed E-state index contributed by atoms with van der Waals surface area (Å²) in [5.74, 6) is 0. The summed E-state index contributed by atoms with van der Waals surface area (Å²) in [5, 5.41) is 9.07. The van der Waals surface area contributed by atoms with Crippen LogP contribution in [0.2, 0.25) is 0 Å². The molecule has 1 saturated heterocycles. The van der Waals surface area contributed by atoms with Gasteiger partial charge in [0.2, 0.25) is 0 Å². The van der Waals surface area contributed by atoms with E-state index >= 15 is 0 Å². The van der Waals surface area contributed by atoms with Crippen molar-refractivity contribution in [1.29, 1.82) is 0 Å². The van der Waals surface area contributed by atoms with Gasteiger partial charge in [0.05, 0.1) is 32.5 Å². The maximum Gasteiger partial charge on any atom is 0.176 e. The van der Waals surface area contributed by atoms with Crippen molar-refractivity contribution >= 4 is 43.1 Å². The van der Waals surface area contributed by atoms with Crippen LogP contribution in [-0.4, -0.2) is 67.6 Å². The van der Waals surface area contributed by atoms with Gasteiger partial charge in [-0.3, -0.25) is 0 Å². The van der Waals surface area contributed by atoms with Crippen LogP contribution in [0.1, 0.15) is 28.7 Å². The second-order valence-corrected chi connectivity index (χ2v) is 17.8. The van der Waals surface area contributed by atoms with Gasteiger partial charge in [0.15, 0.2) is 6.29 Å². The highest BCUT2D eigenvalue weighted by molar-refractivity contribution is 5.86. The van der Waals surface area contributed by atoms with Crippen LogP contribution < -0.4 is 22.9 Å². The second kappa shape index (κ2) is 20.1. The molecule has 10 rings (SSSR count). The largest absolute Gasteiger partial charge is 0.369 e. The van der Waals surface area contributed by atoms with Crippen LogP contribution in [0.3, 0.4) is 0 Å². The molecule has 2 aliphatic rings. The van der Waals surface area contributed by atoms with E-state index in [-0.39, 0.29) is 19.8 Å². The molecule has 1 aliphatic heterocycles. The molecule has 0 aromatic heterocycles. The van der Waals surface area contributed by atoms with E-state index in [1.54, 1.807) is 0 Å². The second-order valence-electron chi connectivity index (χ2n) is 17.8. The number of benzene rings is 8. The average Bonchev–Trinajstić information content (AvgIpc) is 3.35.